The number of hydrogen-bond donors (Lipinski definition) is 0. The summed E-state index contributed by atoms with van der Waals surface area (Å²) in [7, 11) is 0. The number of hydrogen-bond acceptors (Lipinski definition) is 5. The minimum atomic E-state index is -2.93. The molecule has 0 N–H and O–H groups in total. The van der Waals surface area contributed by atoms with E-state index < -0.39 is 12.6 Å². The summed E-state index contributed by atoms with van der Waals surface area (Å²) >= 11 is 0. The number of nitrogens with zero attached hydrogens (tertiary/aromatic N) is 1. The molecule has 0 saturated heterocycles. The minimum Gasteiger partial charge on any atom is -0.490 e. The van der Waals surface area contributed by atoms with Crippen molar-refractivity contribution in [2.45, 2.75) is 13.5 Å². The van der Waals surface area contributed by atoms with E-state index in [1.165, 1.54) is 42.5 Å². The van der Waals surface area contributed by atoms with Crippen molar-refractivity contribution in [3.05, 3.63) is 53.6 Å². The van der Waals surface area contributed by atoms with E-state index in [-0.39, 0.29) is 22.8 Å². The number of carbonyl (C=O) groups is 1. The highest BCUT2D eigenvalue weighted by molar-refractivity contribution is 5.91. The van der Waals surface area contributed by atoms with Crippen molar-refractivity contribution in [1.82, 2.24) is 0 Å². The van der Waals surface area contributed by atoms with Crippen molar-refractivity contribution in [3.8, 4) is 23.3 Å². The van der Waals surface area contributed by atoms with Crippen molar-refractivity contribution < 1.29 is 27.8 Å². The van der Waals surface area contributed by atoms with Crippen LogP contribution in [0.2, 0.25) is 0 Å². The molecule has 0 radical (unpaired) electrons. The minimum absolute atomic E-state index is 0.0603. The van der Waals surface area contributed by atoms with Crippen LogP contribution >= 0.6 is 0 Å². The number of halogens is 2. The molecule has 5 nitrogen and oxygen atoms in total. The van der Waals surface area contributed by atoms with Crippen LogP contribution in [0.25, 0.3) is 0 Å². The second kappa shape index (κ2) is 7.92. The van der Waals surface area contributed by atoms with Crippen molar-refractivity contribution in [2.75, 3.05) is 6.61 Å². The molecule has 24 heavy (non-hydrogen) atoms. The summed E-state index contributed by atoms with van der Waals surface area (Å²) in [6.45, 7) is -0.846. The van der Waals surface area contributed by atoms with Crippen molar-refractivity contribution in [1.29, 1.82) is 5.26 Å². The fourth-order valence-corrected chi connectivity index (χ4v) is 1.86. The molecule has 0 bridgehead atoms. The lowest BCUT2D eigenvalue weighted by atomic mass is 10.2. The molecule has 0 heterocycles. The third-order valence-electron chi connectivity index (χ3n) is 2.89. The Hall–Kier alpha value is -3.14. The summed E-state index contributed by atoms with van der Waals surface area (Å²) < 4.78 is 39.0. The van der Waals surface area contributed by atoms with Crippen molar-refractivity contribution >= 4 is 5.97 Å². The van der Waals surface area contributed by atoms with Gasteiger partial charge in [0.1, 0.15) is 5.75 Å². The smallest absolute Gasteiger partial charge is 0.387 e. The second-order valence-electron chi connectivity index (χ2n) is 4.50. The van der Waals surface area contributed by atoms with Gasteiger partial charge in [-0.15, -0.1) is 0 Å². The quantitative estimate of drug-likeness (QED) is 0.594. The molecule has 0 aromatic heterocycles. The number of carbonyl (C=O) groups excluding carboxylic acids is 1. The second-order valence-corrected chi connectivity index (χ2v) is 4.50. The van der Waals surface area contributed by atoms with E-state index in [0.29, 0.717) is 12.2 Å². The number of ether oxygens (including phenoxy) is 3. The molecule has 2 aromatic rings. The molecule has 7 heteroatoms. The fourth-order valence-electron chi connectivity index (χ4n) is 1.86. The van der Waals surface area contributed by atoms with E-state index >= 15 is 0 Å². The maximum Gasteiger partial charge on any atom is 0.387 e. The average Bonchev–Trinajstić information content (AvgIpc) is 2.56. The first-order valence-electron chi connectivity index (χ1n) is 6.97. The zero-order valence-corrected chi connectivity index (χ0v) is 12.7. The topological polar surface area (TPSA) is 68.5 Å². The normalized spacial score (nSPS) is 10.1. The Morgan fingerprint density at radius 3 is 2.46 bits per heavy atom. The molecular formula is C17H13F2NO4. The van der Waals surface area contributed by atoms with Gasteiger partial charge in [-0.2, -0.15) is 14.0 Å². The molecule has 2 aromatic carbocycles. The van der Waals surface area contributed by atoms with Crippen LogP contribution < -0.4 is 14.2 Å². The van der Waals surface area contributed by atoms with E-state index in [1.54, 1.807) is 6.92 Å². The van der Waals surface area contributed by atoms with Crippen LogP contribution in [0, 0.1) is 11.3 Å². The summed E-state index contributed by atoms with van der Waals surface area (Å²) in [5, 5.41) is 8.89. The highest BCUT2D eigenvalue weighted by Gasteiger charge is 2.14. The largest absolute Gasteiger partial charge is 0.490 e. The standard InChI is InChI=1S/C17H13F2NO4/c1-2-22-15-9-11(10-20)3-8-14(15)24-16(21)12-4-6-13(7-5-12)23-17(18)19/h3-9,17H,2H2,1H3. The van der Waals surface area contributed by atoms with Crippen molar-refractivity contribution in [2.24, 2.45) is 0 Å². The summed E-state index contributed by atoms with van der Waals surface area (Å²) in [5.41, 5.74) is 0.523. The van der Waals surface area contributed by atoms with Gasteiger partial charge in [0.05, 0.1) is 23.8 Å². The van der Waals surface area contributed by atoms with Gasteiger partial charge in [0.2, 0.25) is 0 Å². The van der Waals surface area contributed by atoms with Gasteiger partial charge in [-0.3, -0.25) is 0 Å². The number of rotatable bonds is 6. The Kier molecular flexibility index (Phi) is 5.68. The highest BCUT2D eigenvalue weighted by atomic mass is 19.3. The number of alkyl halides is 2. The number of nitriles is 1. The molecule has 2 rings (SSSR count). The van der Waals surface area contributed by atoms with Gasteiger partial charge in [-0.1, -0.05) is 0 Å². The van der Waals surface area contributed by atoms with Crippen molar-refractivity contribution in [3.63, 3.8) is 0 Å². The van der Waals surface area contributed by atoms with Crippen LogP contribution in [0.5, 0.6) is 17.2 Å². The van der Waals surface area contributed by atoms with E-state index in [2.05, 4.69) is 4.74 Å². The van der Waals surface area contributed by atoms with E-state index in [1.807, 2.05) is 6.07 Å². The summed E-state index contributed by atoms with van der Waals surface area (Å²) in [5.74, 6) is -0.324. The van der Waals surface area contributed by atoms with Gasteiger partial charge in [0.25, 0.3) is 0 Å². The maximum atomic E-state index is 12.1. The predicted molar refractivity (Wildman–Crippen MR) is 80.4 cm³/mol. The fraction of sp³-hybridized carbons (Fsp3) is 0.176. The molecule has 0 saturated carbocycles. The summed E-state index contributed by atoms with van der Waals surface area (Å²) in [4.78, 5) is 12.1. The molecule has 0 aliphatic carbocycles. The van der Waals surface area contributed by atoms with Gasteiger partial charge in [0, 0.05) is 6.07 Å². The van der Waals surface area contributed by atoms with Gasteiger partial charge in [-0.25, -0.2) is 4.79 Å². The van der Waals surface area contributed by atoms with Crippen LogP contribution in [0.4, 0.5) is 8.78 Å². The lowest BCUT2D eigenvalue weighted by molar-refractivity contribution is -0.0498. The first-order chi connectivity index (χ1) is 11.5. The van der Waals surface area contributed by atoms with E-state index in [4.69, 9.17) is 14.7 Å². The van der Waals surface area contributed by atoms with Gasteiger partial charge in [-0.05, 0) is 43.3 Å². The van der Waals surface area contributed by atoms with Gasteiger partial charge in [0.15, 0.2) is 11.5 Å². The van der Waals surface area contributed by atoms with Gasteiger partial charge < -0.3 is 14.2 Å². The highest BCUT2D eigenvalue weighted by Crippen LogP contribution is 2.29. The molecule has 0 amide bonds. The molecule has 0 aliphatic heterocycles. The Balaban J connectivity index is 2.15. The van der Waals surface area contributed by atoms with Crippen LogP contribution in [-0.4, -0.2) is 19.2 Å². The number of benzene rings is 2. The van der Waals surface area contributed by atoms with Gasteiger partial charge >= 0.3 is 12.6 Å². The lowest BCUT2D eigenvalue weighted by Crippen LogP contribution is -2.10. The maximum absolute atomic E-state index is 12.1. The Labute approximate surface area is 137 Å². The van der Waals surface area contributed by atoms with Crippen LogP contribution in [-0.2, 0) is 0 Å². The molecule has 0 unspecified atom stereocenters. The van der Waals surface area contributed by atoms with E-state index in [0.717, 1.165) is 0 Å². The third kappa shape index (κ3) is 4.43. The SMILES string of the molecule is CCOc1cc(C#N)ccc1OC(=O)c1ccc(OC(F)F)cc1. The molecule has 0 fully saturated rings. The average molecular weight is 333 g/mol. The Bertz CT molecular complexity index is 754. The monoisotopic (exact) mass is 333 g/mol. The molecule has 0 aliphatic rings. The Morgan fingerprint density at radius 2 is 1.88 bits per heavy atom. The molecular weight excluding hydrogens is 320 g/mol. The van der Waals surface area contributed by atoms with Crippen LogP contribution in [0.3, 0.4) is 0 Å². The first-order valence-corrected chi connectivity index (χ1v) is 6.97. The third-order valence-corrected chi connectivity index (χ3v) is 2.89. The lowest BCUT2D eigenvalue weighted by Gasteiger charge is -2.11. The van der Waals surface area contributed by atoms with Crippen LogP contribution in [0.15, 0.2) is 42.5 Å². The molecule has 0 atom stereocenters. The summed E-state index contributed by atoms with van der Waals surface area (Å²) in [6.07, 6.45) is 0. The van der Waals surface area contributed by atoms with Crippen LogP contribution in [0.1, 0.15) is 22.8 Å². The Morgan fingerprint density at radius 1 is 1.17 bits per heavy atom. The van der Waals surface area contributed by atoms with E-state index in [9.17, 15) is 13.6 Å². The number of esters is 1. The molecule has 0 spiro atoms. The predicted octanol–water partition coefficient (Wildman–Crippen LogP) is 3.78. The molecule has 124 valence electrons. The zero-order chi connectivity index (χ0) is 17.5. The summed E-state index contributed by atoms with van der Waals surface area (Å²) in [6, 6.07) is 11.5. The first kappa shape index (κ1) is 17.2. The zero-order valence-electron chi connectivity index (χ0n) is 12.7.